The Hall–Kier alpha value is -4.13. The van der Waals surface area contributed by atoms with Gasteiger partial charge in [-0.15, -0.1) is 0 Å². The molecule has 5 rings (SSSR count). The number of halogens is 2. The van der Waals surface area contributed by atoms with Crippen molar-refractivity contribution in [3.8, 4) is 40.5 Å². The zero-order valence-electron chi connectivity index (χ0n) is 22.0. The molecule has 1 saturated heterocycles. The molecule has 1 atom stereocenters. The van der Waals surface area contributed by atoms with Crippen molar-refractivity contribution in [1.29, 1.82) is 10.5 Å². The second kappa shape index (κ2) is 11.8. The fraction of sp³-hybridized carbons (Fsp3) is 0.241. The lowest BCUT2D eigenvalue weighted by Gasteiger charge is -2.17. The molecule has 1 aliphatic rings. The number of rotatable bonds is 8. The van der Waals surface area contributed by atoms with Gasteiger partial charge in [-0.25, -0.2) is 14.4 Å². The number of pyridine rings is 1. The number of nitrogens with zero attached hydrogens (tertiary/aromatic N) is 4. The Labute approximate surface area is 244 Å². The van der Waals surface area contributed by atoms with E-state index in [1.54, 1.807) is 30.3 Å². The minimum atomic E-state index is -0.637. The summed E-state index contributed by atoms with van der Waals surface area (Å²) in [6.07, 6.45) is 1.25. The Bertz CT molecular complexity index is 1680. The minimum Gasteiger partial charge on any atom is -0.491 e. The summed E-state index contributed by atoms with van der Waals surface area (Å²) in [6.45, 7) is 4.45. The molecule has 0 bridgehead atoms. The van der Waals surface area contributed by atoms with Crippen molar-refractivity contribution in [2.75, 3.05) is 18.9 Å². The topological polar surface area (TPSA) is 140 Å². The van der Waals surface area contributed by atoms with Crippen molar-refractivity contribution in [3.05, 3.63) is 76.4 Å². The number of ether oxygens (including phenoxy) is 3. The van der Waals surface area contributed by atoms with Crippen LogP contribution in [0, 0.1) is 28.5 Å². The van der Waals surface area contributed by atoms with Gasteiger partial charge >= 0.3 is 0 Å². The number of thioether (sulfide) groups is 1. The highest BCUT2D eigenvalue weighted by Crippen LogP contribution is 2.37. The summed E-state index contributed by atoms with van der Waals surface area (Å²) >= 11 is 6.97. The van der Waals surface area contributed by atoms with Gasteiger partial charge in [0.15, 0.2) is 5.79 Å². The standard InChI is InChI=1S/C29H23ClFN5O4S/c1-29(2)39-14-20(40-29)13-37-19-6-3-16(4-7-19)25-21(10-32)26(34)36-28(22(25)11-33)41-15-18-12-38-27(35-18)17-5-8-23(30)24(31)9-17/h3-9,12,20H,13-15H2,1-2H3,(H2,34,36)/t20-/m1/s1. The lowest BCUT2D eigenvalue weighted by atomic mass is 9.97. The maximum atomic E-state index is 13.9. The SMILES string of the molecule is CC1(C)OC[C@@H](COc2ccc(-c3c(C#N)c(N)nc(SCc4coc(-c5ccc(Cl)c(F)c5)n4)c3C#N)cc2)O1. The van der Waals surface area contributed by atoms with Crippen LogP contribution in [0.4, 0.5) is 10.2 Å². The molecular formula is C29H23ClFN5O4S. The highest BCUT2D eigenvalue weighted by atomic mass is 35.5. The van der Waals surface area contributed by atoms with Crippen molar-refractivity contribution in [3.63, 3.8) is 0 Å². The summed E-state index contributed by atoms with van der Waals surface area (Å²) < 4.78 is 36.5. The van der Waals surface area contributed by atoms with Gasteiger partial charge in [-0.1, -0.05) is 35.5 Å². The first-order valence-electron chi connectivity index (χ1n) is 12.4. The van der Waals surface area contributed by atoms with E-state index in [1.807, 2.05) is 13.8 Å². The molecule has 0 spiro atoms. The van der Waals surface area contributed by atoms with Crippen LogP contribution in [0.1, 0.15) is 30.7 Å². The number of oxazole rings is 1. The molecule has 41 heavy (non-hydrogen) atoms. The Morgan fingerprint density at radius 3 is 2.51 bits per heavy atom. The molecule has 1 aliphatic heterocycles. The van der Waals surface area contributed by atoms with Crippen molar-refractivity contribution < 1.29 is 23.0 Å². The van der Waals surface area contributed by atoms with E-state index < -0.39 is 11.6 Å². The van der Waals surface area contributed by atoms with E-state index in [2.05, 4.69) is 22.1 Å². The molecular weight excluding hydrogens is 569 g/mol. The first-order valence-corrected chi connectivity index (χ1v) is 13.7. The average molecular weight is 592 g/mol. The monoisotopic (exact) mass is 591 g/mol. The Morgan fingerprint density at radius 1 is 1.12 bits per heavy atom. The van der Waals surface area contributed by atoms with Crippen LogP contribution in [0.15, 0.2) is 58.2 Å². The van der Waals surface area contributed by atoms with Gasteiger partial charge in [0.25, 0.3) is 0 Å². The molecule has 208 valence electrons. The summed E-state index contributed by atoms with van der Waals surface area (Å²) in [5, 5.41) is 20.3. The van der Waals surface area contributed by atoms with E-state index in [1.165, 1.54) is 30.2 Å². The number of nitriles is 2. The average Bonchev–Trinajstić information content (AvgIpc) is 3.58. The molecule has 2 aromatic carbocycles. The fourth-order valence-corrected chi connectivity index (χ4v) is 5.21. The van der Waals surface area contributed by atoms with Gasteiger partial charge in [0, 0.05) is 16.9 Å². The molecule has 0 saturated carbocycles. The third-order valence-electron chi connectivity index (χ3n) is 6.14. The number of aromatic nitrogens is 2. The van der Waals surface area contributed by atoms with E-state index in [0.29, 0.717) is 46.4 Å². The smallest absolute Gasteiger partial charge is 0.226 e. The second-order valence-electron chi connectivity index (χ2n) is 9.50. The molecule has 2 aromatic heterocycles. The number of nitrogen functional groups attached to an aromatic ring is 1. The largest absolute Gasteiger partial charge is 0.491 e. The van der Waals surface area contributed by atoms with Gasteiger partial charge in [0.1, 0.15) is 59.1 Å². The van der Waals surface area contributed by atoms with E-state index in [9.17, 15) is 14.9 Å². The molecule has 3 heterocycles. The number of hydrogen-bond donors (Lipinski definition) is 1. The molecule has 0 amide bonds. The van der Waals surface area contributed by atoms with Gasteiger partial charge in [0.05, 0.1) is 22.9 Å². The van der Waals surface area contributed by atoms with Gasteiger partial charge < -0.3 is 24.4 Å². The third-order valence-corrected chi connectivity index (χ3v) is 7.45. The van der Waals surface area contributed by atoms with Gasteiger partial charge in [-0.05, 0) is 49.7 Å². The summed E-state index contributed by atoms with van der Waals surface area (Å²) in [5.41, 5.74) is 8.42. The number of anilines is 1. The molecule has 1 fully saturated rings. The molecule has 2 N–H and O–H groups in total. The molecule has 0 aliphatic carbocycles. The van der Waals surface area contributed by atoms with Crippen LogP contribution in [0.25, 0.3) is 22.6 Å². The van der Waals surface area contributed by atoms with Gasteiger partial charge in [0.2, 0.25) is 5.89 Å². The quantitative estimate of drug-likeness (QED) is 0.231. The predicted molar refractivity (Wildman–Crippen MR) is 150 cm³/mol. The maximum absolute atomic E-state index is 13.9. The molecule has 12 heteroatoms. The van der Waals surface area contributed by atoms with Gasteiger partial charge in [-0.3, -0.25) is 0 Å². The minimum absolute atomic E-state index is 0.000434. The summed E-state index contributed by atoms with van der Waals surface area (Å²) in [5.74, 6) is -0.114. The first-order chi connectivity index (χ1) is 19.7. The zero-order chi connectivity index (χ0) is 29.1. The first kappa shape index (κ1) is 28.4. The number of benzene rings is 2. The maximum Gasteiger partial charge on any atom is 0.226 e. The third kappa shape index (κ3) is 6.29. The summed E-state index contributed by atoms with van der Waals surface area (Å²) in [7, 11) is 0. The van der Waals surface area contributed by atoms with E-state index in [4.69, 9.17) is 36.0 Å². The lowest BCUT2D eigenvalue weighted by molar-refractivity contribution is -0.141. The lowest BCUT2D eigenvalue weighted by Crippen LogP contribution is -2.25. The van der Waals surface area contributed by atoms with E-state index in [0.717, 1.165) is 0 Å². The number of nitrogens with two attached hydrogens (primary N) is 1. The highest BCUT2D eigenvalue weighted by Gasteiger charge is 2.33. The van der Waals surface area contributed by atoms with Crippen molar-refractivity contribution in [2.45, 2.75) is 36.5 Å². The Kier molecular flexibility index (Phi) is 8.15. The summed E-state index contributed by atoms with van der Waals surface area (Å²) in [6, 6.07) is 15.5. The second-order valence-corrected chi connectivity index (χ2v) is 10.9. The molecule has 4 aromatic rings. The van der Waals surface area contributed by atoms with E-state index in [-0.39, 0.29) is 39.7 Å². The fourth-order valence-electron chi connectivity index (χ4n) is 4.22. The highest BCUT2D eigenvalue weighted by molar-refractivity contribution is 7.98. The van der Waals surface area contributed by atoms with Crippen LogP contribution < -0.4 is 10.5 Å². The van der Waals surface area contributed by atoms with Crippen LogP contribution >= 0.6 is 23.4 Å². The van der Waals surface area contributed by atoms with Gasteiger partial charge in [-0.2, -0.15) is 10.5 Å². The normalized spacial score (nSPS) is 15.8. The Balaban J connectivity index is 1.35. The van der Waals surface area contributed by atoms with Crippen LogP contribution in [0.2, 0.25) is 5.02 Å². The van der Waals surface area contributed by atoms with Crippen molar-refractivity contribution in [1.82, 2.24) is 9.97 Å². The van der Waals surface area contributed by atoms with Crippen molar-refractivity contribution >= 4 is 29.2 Å². The van der Waals surface area contributed by atoms with Crippen LogP contribution in [0.3, 0.4) is 0 Å². The molecule has 0 radical (unpaired) electrons. The van der Waals surface area contributed by atoms with Crippen molar-refractivity contribution in [2.24, 2.45) is 0 Å². The predicted octanol–water partition coefficient (Wildman–Crippen LogP) is 6.34. The molecule has 9 nitrogen and oxygen atoms in total. The Morgan fingerprint density at radius 2 is 1.85 bits per heavy atom. The molecule has 0 unspecified atom stereocenters. The summed E-state index contributed by atoms with van der Waals surface area (Å²) in [4.78, 5) is 8.73. The zero-order valence-corrected chi connectivity index (χ0v) is 23.6. The number of hydrogen-bond acceptors (Lipinski definition) is 10. The van der Waals surface area contributed by atoms with Crippen LogP contribution in [-0.2, 0) is 15.2 Å². The van der Waals surface area contributed by atoms with Crippen LogP contribution in [0.5, 0.6) is 5.75 Å². The van der Waals surface area contributed by atoms with E-state index >= 15 is 0 Å². The van der Waals surface area contributed by atoms with Crippen LogP contribution in [-0.4, -0.2) is 35.1 Å².